The Kier molecular flexibility index (Phi) is 6.20. The lowest BCUT2D eigenvalue weighted by Gasteiger charge is -2.28. The van der Waals surface area contributed by atoms with Gasteiger partial charge in [0, 0.05) is 37.8 Å². The molecule has 0 saturated carbocycles. The number of carbonyl (C=O) groups excluding carboxylic acids is 2. The SMILES string of the molecule is O=C(CNC(=O)c1cc(-c2ccccc2)on1)NCCN1CCc2ccccc2C1. The Morgan fingerprint density at radius 2 is 1.77 bits per heavy atom. The number of fused-ring (bicyclic) bond motifs is 1. The minimum atomic E-state index is -0.441. The fraction of sp³-hybridized carbons (Fsp3) is 0.261. The lowest BCUT2D eigenvalue weighted by atomic mass is 10.00. The van der Waals surface area contributed by atoms with E-state index in [4.69, 9.17) is 4.52 Å². The van der Waals surface area contributed by atoms with Crippen LogP contribution in [0.5, 0.6) is 0 Å². The van der Waals surface area contributed by atoms with Crippen molar-refractivity contribution in [1.29, 1.82) is 0 Å². The third-order valence-electron chi connectivity index (χ3n) is 5.17. The minimum Gasteiger partial charge on any atom is -0.355 e. The number of carbonyl (C=O) groups is 2. The van der Waals surface area contributed by atoms with Gasteiger partial charge in [-0.05, 0) is 17.5 Å². The van der Waals surface area contributed by atoms with E-state index in [2.05, 4.69) is 45.0 Å². The molecule has 30 heavy (non-hydrogen) atoms. The average molecular weight is 404 g/mol. The quantitative estimate of drug-likeness (QED) is 0.631. The average Bonchev–Trinajstić information content (AvgIpc) is 3.28. The summed E-state index contributed by atoms with van der Waals surface area (Å²) < 4.78 is 5.22. The highest BCUT2D eigenvalue weighted by Gasteiger charge is 2.16. The molecule has 0 atom stereocenters. The number of aromatic nitrogens is 1. The van der Waals surface area contributed by atoms with Gasteiger partial charge in [-0.1, -0.05) is 59.8 Å². The standard InChI is InChI=1S/C23H24N4O3/c28-22(24-11-13-27-12-10-17-6-4-5-9-19(17)16-27)15-25-23(29)20-14-21(30-26-20)18-7-2-1-3-8-18/h1-9,14H,10-13,15-16H2,(H,24,28)(H,25,29). The molecule has 0 unspecified atom stereocenters. The molecule has 7 heteroatoms. The molecule has 154 valence electrons. The van der Waals surface area contributed by atoms with Gasteiger partial charge in [-0.2, -0.15) is 0 Å². The minimum absolute atomic E-state index is 0.102. The lowest BCUT2D eigenvalue weighted by Crippen LogP contribution is -2.41. The van der Waals surface area contributed by atoms with E-state index in [1.54, 1.807) is 6.07 Å². The molecule has 2 amide bonds. The van der Waals surface area contributed by atoms with Crippen LogP contribution in [0, 0.1) is 0 Å². The topological polar surface area (TPSA) is 87.5 Å². The molecule has 0 saturated heterocycles. The third kappa shape index (κ3) is 4.93. The summed E-state index contributed by atoms with van der Waals surface area (Å²) in [6.07, 6.45) is 1.03. The van der Waals surface area contributed by atoms with Gasteiger partial charge in [-0.25, -0.2) is 0 Å². The Hall–Kier alpha value is -3.45. The molecule has 3 aromatic rings. The maximum atomic E-state index is 12.2. The van der Waals surface area contributed by atoms with Gasteiger partial charge >= 0.3 is 0 Å². The second kappa shape index (κ2) is 9.37. The van der Waals surface area contributed by atoms with E-state index in [9.17, 15) is 9.59 Å². The highest BCUT2D eigenvalue weighted by molar-refractivity contribution is 5.95. The molecule has 7 nitrogen and oxygen atoms in total. The van der Waals surface area contributed by atoms with Crippen molar-refractivity contribution < 1.29 is 14.1 Å². The highest BCUT2D eigenvalue weighted by atomic mass is 16.5. The molecule has 0 radical (unpaired) electrons. The maximum Gasteiger partial charge on any atom is 0.273 e. The molecule has 4 rings (SSSR count). The maximum absolute atomic E-state index is 12.2. The van der Waals surface area contributed by atoms with E-state index < -0.39 is 5.91 Å². The molecule has 1 aromatic heterocycles. The first-order valence-electron chi connectivity index (χ1n) is 10.1. The Labute approximate surface area is 175 Å². The van der Waals surface area contributed by atoms with Gasteiger partial charge in [0.2, 0.25) is 5.91 Å². The van der Waals surface area contributed by atoms with Gasteiger partial charge in [0.15, 0.2) is 11.5 Å². The van der Waals surface area contributed by atoms with E-state index in [0.29, 0.717) is 12.3 Å². The van der Waals surface area contributed by atoms with Crippen LogP contribution in [0.2, 0.25) is 0 Å². The molecule has 0 fully saturated rings. The van der Waals surface area contributed by atoms with Crippen LogP contribution < -0.4 is 10.6 Å². The van der Waals surface area contributed by atoms with Gasteiger partial charge in [0.1, 0.15) is 0 Å². The Morgan fingerprint density at radius 3 is 2.60 bits per heavy atom. The second-order valence-corrected chi connectivity index (χ2v) is 7.27. The third-order valence-corrected chi connectivity index (χ3v) is 5.17. The first-order valence-corrected chi connectivity index (χ1v) is 10.1. The Bertz CT molecular complexity index is 1020. The molecule has 0 spiro atoms. The van der Waals surface area contributed by atoms with Gasteiger partial charge in [0.25, 0.3) is 5.91 Å². The van der Waals surface area contributed by atoms with E-state index in [0.717, 1.165) is 31.6 Å². The van der Waals surface area contributed by atoms with Gasteiger partial charge in [-0.15, -0.1) is 0 Å². The molecule has 1 aliphatic rings. The normalized spacial score (nSPS) is 13.5. The van der Waals surface area contributed by atoms with Crippen LogP contribution in [0.1, 0.15) is 21.6 Å². The number of amides is 2. The van der Waals surface area contributed by atoms with Crippen molar-refractivity contribution >= 4 is 11.8 Å². The molecule has 2 aromatic carbocycles. The molecule has 2 heterocycles. The van der Waals surface area contributed by atoms with Crippen molar-refractivity contribution in [2.75, 3.05) is 26.2 Å². The number of hydrogen-bond donors (Lipinski definition) is 2. The molecule has 0 bridgehead atoms. The van der Waals surface area contributed by atoms with Crippen LogP contribution >= 0.6 is 0 Å². The molecule has 1 aliphatic heterocycles. The highest BCUT2D eigenvalue weighted by Crippen LogP contribution is 2.19. The fourth-order valence-corrected chi connectivity index (χ4v) is 3.53. The number of hydrogen-bond acceptors (Lipinski definition) is 5. The first-order chi connectivity index (χ1) is 14.7. The van der Waals surface area contributed by atoms with Crippen LogP contribution in [0.4, 0.5) is 0 Å². The van der Waals surface area contributed by atoms with Crippen molar-refractivity contribution in [3.63, 3.8) is 0 Å². The second-order valence-electron chi connectivity index (χ2n) is 7.27. The van der Waals surface area contributed by atoms with Crippen molar-refractivity contribution in [1.82, 2.24) is 20.7 Å². The van der Waals surface area contributed by atoms with Gasteiger partial charge in [-0.3, -0.25) is 14.5 Å². The Balaban J connectivity index is 1.18. The van der Waals surface area contributed by atoms with Crippen molar-refractivity contribution in [2.45, 2.75) is 13.0 Å². The predicted octanol–water partition coefficient (Wildman–Crippen LogP) is 2.25. The first kappa shape index (κ1) is 19.8. The lowest BCUT2D eigenvalue weighted by molar-refractivity contribution is -0.120. The largest absolute Gasteiger partial charge is 0.355 e. The van der Waals surface area contributed by atoms with Gasteiger partial charge < -0.3 is 15.2 Å². The zero-order chi connectivity index (χ0) is 20.8. The zero-order valence-corrected chi connectivity index (χ0v) is 16.6. The Morgan fingerprint density at radius 1 is 1.00 bits per heavy atom. The summed E-state index contributed by atoms with van der Waals surface area (Å²) in [5.41, 5.74) is 3.74. The van der Waals surface area contributed by atoms with E-state index in [1.807, 2.05) is 30.3 Å². The molecular formula is C23H24N4O3. The summed E-state index contributed by atoms with van der Waals surface area (Å²) in [4.78, 5) is 26.6. The van der Waals surface area contributed by atoms with E-state index in [1.165, 1.54) is 11.1 Å². The number of nitrogens with zero attached hydrogens (tertiary/aromatic N) is 2. The fourth-order valence-electron chi connectivity index (χ4n) is 3.53. The number of rotatable bonds is 7. The molecule has 0 aliphatic carbocycles. The van der Waals surface area contributed by atoms with Crippen molar-refractivity contribution in [2.24, 2.45) is 0 Å². The van der Waals surface area contributed by atoms with Crippen LogP contribution in [-0.2, 0) is 17.8 Å². The summed E-state index contributed by atoms with van der Waals surface area (Å²) in [6.45, 7) is 3.10. The smallest absolute Gasteiger partial charge is 0.273 e. The number of nitrogens with one attached hydrogen (secondary N) is 2. The summed E-state index contributed by atoms with van der Waals surface area (Å²) >= 11 is 0. The van der Waals surface area contributed by atoms with E-state index in [-0.39, 0.29) is 18.1 Å². The summed E-state index contributed by atoms with van der Waals surface area (Å²) in [7, 11) is 0. The van der Waals surface area contributed by atoms with Gasteiger partial charge in [0.05, 0.1) is 6.54 Å². The van der Waals surface area contributed by atoms with Crippen LogP contribution in [0.15, 0.2) is 65.2 Å². The van der Waals surface area contributed by atoms with Crippen LogP contribution in [0.3, 0.4) is 0 Å². The predicted molar refractivity (Wildman–Crippen MR) is 113 cm³/mol. The number of benzene rings is 2. The molecular weight excluding hydrogens is 380 g/mol. The zero-order valence-electron chi connectivity index (χ0n) is 16.6. The van der Waals surface area contributed by atoms with Crippen molar-refractivity contribution in [3.8, 4) is 11.3 Å². The molecule has 2 N–H and O–H groups in total. The monoisotopic (exact) mass is 404 g/mol. The van der Waals surface area contributed by atoms with E-state index >= 15 is 0 Å². The summed E-state index contributed by atoms with van der Waals surface area (Å²) in [5, 5.41) is 9.22. The van der Waals surface area contributed by atoms with Crippen LogP contribution in [-0.4, -0.2) is 48.0 Å². The summed E-state index contributed by atoms with van der Waals surface area (Å²) in [5.74, 6) is -0.162. The van der Waals surface area contributed by atoms with Crippen LogP contribution in [0.25, 0.3) is 11.3 Å². The summed E-state index contributed by atoms with van der Waals surface area (Å²) in [6, 6.07) is 19.4. The van der Waals surface area contributed by atoms with Crippen molar-refractivity contribution in [3.05, 3.63) is 77.5 Å².